The number of carbonyl (C=O) groups is 1. The van der Waals surface area contributed by atoms with Crippen molar-refractivity contribution in [2.45, 2.75) is 6.61 Å². The van der Waals surface area contributed by atoms with Crippen LogP contribution in [0.15, 0.2) is 30.5 Å². The molecule has 1 aromatic carbocycles. The van der Waals surface area contributed by atoms with Gasteiger partial charge >= 0.3 is 0 Å². The normalized spacial score (nSPS) is 10.5. The maximum absolute atomic E-state index is 10.9. The van der Waals surface area contributed by atoms with Crippen LogP contribution in [0.3, 0.4) is 0 Å². The van der Waals surface area contributed by atoms with Crippen LogP contribution in [0.25, 0.3) is 5.69 Å². The molecule has 2 rings (SSSR count). The summed E-state index contributed by atoms with van der Waals surface area (Å²) < 4.78 is 1.47. The van der Waals surface area contributed by atoms with E-state index in [1.54, 1.807) is 24.4 Å². The first-order valence-corrected chi connectivity index (χ1v) is 5.24. The lowest BCUT2D eigenvalue weighted by Crippen LogP contribution is -2.12. The minimum Gasteiger partial charge on any atom is -0.392 e. The molecule has 2 aromatic rings. The lowest BCUT2D eigenvalue weighted by atomic mass is 10.2. The second kappa shape index (κ2) is 4.57. The molecule has 0 unspecified atom stereocenters. The highest BCUT2D eigenvalue weighted by Crippen LogP contribution is 2.19. The standard InChI is InChI=1S/C11H10ClN3O2/c12-8-1-2-10(7(5-8)6-16)15-4-3-9(14-15)11(13)17/h1-5,16H,6H2,(H2,13,17). The van der Waals surface area contributed by atoms with E-state index in [-0.39, 0.29) is 12.3 Å². The largest absolute Gasteiger partial charge is 0.392 e. The zero-order valence-electron chi connectivity index (χ0n) is 8.80. The number of rotatable bonds is 3. The molecule has 1 aromatic heterocycles. The van der Waals surface area contributed by atoms with Crippen LogP contribution in [-0.2, 0) is 6.61 Å². The highest BCUT2D eigenvalue weighted by atomic mass is 35.5. The Balaban J connectivity index is 2.48. The first-order valence-electron chi connectivity index (χ1n) is 4.87. The molecule has 0 saturated heterocycles. The van der Waals surface area contributed by atoms with E-state index in [2.05, 4.69) is 5.10 Å². The van der Waals surface area contributed by atoms with Crippen LogP contribution in [0.2, 0.25) is 5.02 Å². The summed E-state index contributed by atoms with van der Waals surface area (Å²) in [5.74, 6) is -0.594. The molecule has 0 radical (unpaired) electrons. The highest BCUT2D eigenvalue weighted by molar-refractivity contribution is 6.30. The van der Waals surface area contributed by atoms with Crippen LogP contribution >= 0.6 is 11.6 Å². The molecule has 1 amide bonds. The van der Waals surface area contributed by atoms with E-state index in [9.17, 15) is 9.90 Å². The summed E-state index contributed by atoms with van der Waals surface area (Å²) in [5.41, 5.74) is 6.56. The second-order valence-corrected chi connectivity index (χ2v) is 3.88. The highest BCUT2D eigenvalue weighted by Gasteiger charge is 2.09. The zero-order valence-corrected chi connectivity index (χ0v) is 9.55. The van der Waals surface area contributed by atoms with Gasteiger partial charge in [0.25, 0.3) is 5.91 Å². The first-order chi connectivity index (χ1) is 8.11. The maximum Gasteiger partial charge on any atom is 0.269 e. The minimum absolute atomic E-state index is 0.165. The van der Waals surface area contributed by atoms with Gasteiger partial charge in [-0.1, -0.05) is 11.6 Å². The monoisotopic (exact) mass is 251 g/mol. The van der Waals surface area contributed by atoms with Crippen LogP contribution in [0, 0.1) is 0 Å². The Morgan fingerprint density at radius 2 is 2.24 bits per heavy atom. The summed E-state index contributed by atoms with van der Waals surface area (Å²) in [4.78, 5) is 10.9. The van der Waals surface area contributed by atoms with Crippen molar-refractivity contribution in [3.05, 3.63) is 46.7 Å². The zero-order chi connectivity index (χ0) is 12.4. The number of primary amides is 1. The molecule has 0 bridgehead atoms. The molecule has 17 heavy (non-hydrogen) atoms. The van der Waals surface area contributed by atoms with Crippen LogP contribution in [0.4, 0.5) is 0 Å². The molecule has 0 spiro atoms. The molecule has 0 aliphatic heterocycles. The fourth-order valence-corrected chi connectivity index (χ4v) is 1.69. The predicted molar refractivity (Wildman–Crippen MR) is 63.0 cm³/mol. The van der Waals surface area contributed by atoms with Crippen molar-refractivity contribution in [1.82, 2.24) is 9.78 Å². The lowest BCUT2D eigenvalue weighted by Gasteiger charge is -2.07. The van der Waals surface area contributed by atoms with Crippen LogP contribution < -0.4 is 5.73 Å². The summed E-state index contributed by atoms with van der Waals surface area (Å²) >= 11 is 5.82. The Bertz CT molecular complexity index is 566. The van der Waals surface area contributed by atoms with Crippen LogP contribution in [0.5, 0.6) is 0 Å². The number of carbonyl (C=O) groups excluding carboxylic acids is 1. The van der Waals surface area contributed by atoms with Gasteiger partial charge in [-0.2, -0.15) is 5.10 Å². The van der Waals surface area contributed by atoms with Crippen molar-refractivity contribution in [2.75, 3.05) is 0 Å². The number of nitrogens with two attached hydrogens (primary N) is 1. The van der Waals surface area contributed by atoms with E-state index in [1.165, 1.54) is 10.7 Å². The Hall–Kier alpha value is -1.85. The third kappa shape index (κ3) is 2.30. The summed E-state index contributed by atoms with van der Waals surface area (Å²) in [6, 6.07) is 6.55. The van der Waals surface area contributed by atoms with Gasteiger partial charge in [-0.05, 0) is 24.3 Å². The molecule has 0 atom stereocenters. The molecular formula is C11H10ClN3O2. The molecule has 88 valence electrons. The van der Waals surface area contributed by atoms with E-state index in [1.807, 2.05) is 0 Å². The number of aromatic nitrogens is 2. The fourth-order valence-electron chi connectivity index (χ4n) is 1.49. The SMILES string of the molecule is NC(=O)c1ccn(-c2ccc(Cl)cc2CO)n1. The molecular weight excluding hydrogens is 242 g/mol. The van der Waals surface area contributed by atoms with Gasteiger partial charge in [-0.3, -0.25) is 4.79 Å². The molecule has 0 saturated carbocycles. The second-order valence-electron chi connectivity index (χ2n) is 3.44. The topological polar surface area (TPSA) is 81.1 Å². The third-order valence-corrected chi connectivity index (χ3v) is 2.54. The van der Waals surface area contributed by atoms with Gasteiger partial charge < -0.3 is 10.8 Å². The third-order valence-electron chi connectivity index (χ3n) is 2.30. The van der Waals surface area contributed by atoms with E-state index in [4.69, 9.17) is 17.3 Å². The number of benzene rings is 1. The molecule has 0 aliphatic rings. The Morgan fingerprint density at radius 3 is 2.82 bits per heavy atom. The van der Waals surface area contributed by atoms with Crippen molar-refractivity contribution < 1.29 is 9.90 Å². The van der Waals surface area contributed by atoms with Gasteiger partial charge in [0.05, 0.1) is 12.3 Å². The summed E-state index contributed by atoms with van der Waals surface area (Å²) in [6.45, 7) is -0.165. The Morgan fingerprint density at radius 1 is 1.47 bits per heavy atom. The van der Waals surface area contributed by atoms with Gasteiger partial charge in [-0.15, -0.1) is 0 Å². The van der Waals surface area contributed by atoms with E-state index < -0.39 is 5.91 Å². The van der Waals surface area contributed by atoms with E-state index in [0.29, 0.717) is 16.3 Å². The summed E-state index contributed by atoms with van der Waals surface area (Å²) in [5, 5.41) is 13.8. The average molecular weight is 252 g/mol. The van der Waals surface area contributed by atoms with Gasteiger partial charge in [0.2, 0.25) is 0 Å². The van der Waals surface area contributed by atoms with Crippen molar-refractivity contribution >= 4 is 17.5 Å². The fraction of sp³-hybridized carbons (Fsp3) is 0.0909. The number of amides is 1. The van der Waals surface area contributed by atoms with Crippen molar-refractivity contribution in [2.24, 2.45) is 5.73 Å². The number of hydrogen-bond acceptors (Lipinski definition) is 3. The quantitative estimate of drug-likeness (QED) is 0.858. The van der Waals surface area contributed by atoms with Crippen LogP contribution in [-0.4, -0.2) is 20.8 Å². The molecule has 5 nitrogen and oxygen atoms in total. The van der Waals surface area contributed by atoms with Gasteiger partial charge in [0.15, 0.2) is 0 Å². The van der Waals surface area contributed by atoms with E-state index >= 15 is 0 Å². The minimum atomic E-state index is -0.594. The molecule has 3 N–H and O–H groups in total. The summed E-state index contributed by atoms with van der Waals surface area (Å²) in [7, 11) is 0. The predicted octanol–water partition coefficient (Wildman–Crippen LogP) is 1.12. The smallest absolute Gasteiger partial charge is 0.269 e. The number of aliphatic hydroxyl groups is 1. The van der Waals surface area contributed by atoms with Crippen molar-refractivity contribution in [3.63, 3.8) is 0 Å². The number of nitrogens with zero attached hydrogens (tertiary/aromatic N) is 2. The first kappa shape index (κ1) is 11.6. The molecule has 6 heteroatoms. The van der Waals surface area contributed by atoms with Gasteiger partial charge in [0.1, 0.15) is 5.69 Å². The van der Waals surface area contributed by atoms with Crippen molar-refractivity contribution in [1.29, 1.82) is 0 Å². The van der Waals surface area contributed by atoms with Crippen molar-refractivity contribution in [3.8, 4) is 5.69 Å². The average Bonchev–Trinajstić information content (AvgIpc) is 2.78. The Labute approximate surface area is 102 Å². The number of hydrogen-bond donors (Lipinski definition) is 2. The summed E-state index contributed by atoms with van der Waals surface area (Å²) in [6.07, 6.45) is 1.60. The maximum atomic E-state index is 10.9. The van der Waals surface area contributed by atoms with E-state index in [0.717, 1.165) is 0 Å². The number of aliphatic hydroxyl groups excluding tert-OH is 1. The number of halogens is 1. The molecule has 0 fully saturated rings. The van der Waals surface area contributed by atoms with Gasteiger partial charge in [0, 0.05) is 16.8 Å². The van der Waals surface area contributed by atoms with Gasteiger partial charge in [-0.25, -0.2) is 4.68 Å². The lowest BCUT2D eigenvalue weighted by molar-refractivity contribution is 0.0995. The molecule has 1 heterocycles. The molecule has 0 aliphatic carbocycles. The Kier molecular flexibility index (Phi) is 3.12. The van der Waals surface area contributed by atoms with Crippen LogP contribution in [0.1, 0.15) is 16.1 Å².